The Hall–Kier alpha value is -4.07. The third-order valence-electron chi connectivity index (χ3n) is 6.59. The molecule has 1 unspecified atom stereocenters. The van der Waals surface area contributed by atoms with Gasteiger partial charge in [0, 0.05) is 45.6 Å². The second-order valence-corrected chi connectivity index (χ2v) is 9.87. The summed E-state index contributed by atoms with van der Waals surface area (Å²) >= 11 is 12.3. The normalized spacial score (nSPS) is 14.8. The minimum atomic E-state index is -0.449. The molecule has 3 heterocycles. The van der Waals surface area contributed by atoms with E-state index in [2.05, 4.69) is 15.0 Å². The maximum Gasteiger partial charge on any atom is 0.416 e. The van der Waals surface area contributed by atoms with Crippen LogP contribution in [-0.2, 0) is 6.42 Å². The molecule has 0 bridgehead atoms. The molecule has 1 atom stereocenters. The third kappa shape index (κ3) is 4.66. The number of aromatic nitrogens is 3. The molecule has 1 amide bonds. The van der Waals surface area contributed by atoms with Crippen LogP contribution in [0.3, 0.4) is 0 Å². The molecule has 2 aromatic heterocycles. The Kier molecular flexibility index (Phi) is 6.39. The molecule has 7 nitrogen and oxygen atoms in total. The van der Waals surface area contributed by atoms with E-state index in [0.29, 0.717) is 46.1 Å². The highest BCUT2D eigenvalue weighted by Gasteiger charge is 2.35. The summed E-state index contributed by atoms with van der Waals surface area (Å²) in [6.45, 7) is 2.31. The van der Waals surface area contributed by atoms with Crippen molar-refractivity contribution in [2.75, 3.05) is 6.54 Å². The highest BCUT2D eigenvalue weighted by atomic mass is 35.5. The zero-order valence-electron chi connectivity index (χ0n) is 20.3. The Bertz CT molecular complexity index is 1630. The van der Waals surface area contributed by atoms with Crippen LogP contribution in [0.5, 0.6) is 17.4 Å². The van der Waals surface area contributed by atoms with Gasteiger partial charge in [0.05, 0.1) is 5.69 Å². The first kappa shape index (κ1) is 24.3. The van der Waals surface area contributed by atoms with E-state index in [1.54, 1.807) is 41.6 Å². The van der Waals surface area contributed by atoms with Crippen LogP contribution in [0.2, 0.25) is 10.0 Å². The van der Waals surface area contributed by atoms with E-state index in [0.717, 1.165) is 27.7 Å². The average molecular weight is 545 g/mol. The number of hydrogen-bond donors (Lipinski definition) is 1. The molecular formula is C29H22Cl2N4O3. The van der Waals surface area contributed by atoms with Crippen LogP contribution in [0.1, 0.15) is 28.6 Å². The second-order valence-electron chi connectivity index (χ2n) is 8.99. The Balaban J connectivity index is 1.37. The number of carbonyl (C=O) groups is 1. The van der Waals surface area contributed by atoms with Crippen LogP contribution in [0.15, 0.2) is 79.1 Å². The number of H-pyrrole nitrogens is 1. The molecule has 6 rings (SSSR count). The number of benzene rings is 3. The number of halogens is 2. The van der Waals surface area contributed by atoms with E-state index in [9.17, 15) is 4.79 Å². The topological polar surface area (TPSA) is 80.3 Å². The highest BCUT2D eigenvalue weighted by Crippen LogP contribution is 2.40. The zero-order valence-corrected chi connectivity index (χ0v) is 21.8. The first-order chi connectivity index (χ1) is 18.5. The number of rotatable bonds is 4. The summed E-state index contributed by atoms with van der Waals surface area (Å²) in [5.74, 6) is 1.49. The van der Waals surface area contributed by atoms with Gasteiger partial charge in [0.15, 0.2) is 0 Å². The number of aromatic amines is 1. The summed E-state index contributed by atoms with van der Waals surface area (Å²) < 4.78 is 11.7. The quantitative estimate of drug-likeness (QED) is 0.253. The fraction of sp³-hybridized carbons (Fsp3) is 0.138. The Morgan fingerprint density at radius 2 is 1.66 bits per heavy atom. The maximum atomic E-state index is 13.5. The van der Waals surface area contributed by atoms with Crippen molar-refractivity contribution in [2.24, 2.45) is 0 Å². The molecule has 1 aliphatic heterocycles. The average Bonchev–Trinajstić information content (AvgIpc) is 3.29. The minimum Gasteiger partial charge on any atom is -0.437 e. The van der Waals surface area contributed by atoms with Gasteiger partial charge in [-0.3, -0.25) is 9.88 Å². The second kappa shape index (κ2) is 10.0. The van der Waals surface area contributed by atoms with Crippen molar-refractivity contribution < 1.29 is 14.3 Å². The zero-order chi connectivity index (χ0) is 26.2. The number of fused-ring (bicyclic) bond motifs is 3. The summed E-state index contributed by atoms with van der Waals surface area (Å²) in [6.07, 6.45) is 3.42. The lowest BCUT2D eigenvalue weighted by Gasteiger charge is -2.35. The fourth-order valence-corrected chi connectivity index (χ4v) is 5.09. The summed E-state index contributed by atoms with van der Waals surface area (Å²) in [5, 5.41) is 2.29. The van der Waals surface area contributed by atoms with Crippen LogP contribution in [0.4, 0.5) is 4.79 Å². The van der Waals surface area contributed by atoms with Crippen molar-refractivity contribution in [3.05, 3.63) is 112 Å². The van der Waals surface area contributed by atoms with Crippen LogP contribution < -0.4 is 9.47 Å². The minimum absolute atomic E-state index is 0.406. The van der Waals surface area contributed by atoms with E-state index < -0.39 is 12.1 Å². The van der Waals surface area contributed by atoms with E-state index in [1.807, 2.05) is 49.4 Å². The number of nitrogens with one attached hydrogen (secondary N) is 1. The van der Waals surface area contributed by atoms with Gasteiger partial charge >= 0.3 is 6.09 Å². The predicted octanol–water partition coefficient (Wildman–Crippen LogP) is 7.51. The fourth-order valence-electron chi connectivity index (χ4n) is 4.79. The number of carbonyl (C=O) groups excluding carboxylic acids is 1. The molecule has 0 saturated heterocycles. The molecule has 1 aliphatic rings. The van der Waals surface area contributed by atoms with E-state index in [1.165, 1.54) is 0 Å². The van der Waals surface area contributed by atoms with Gasteiger partial charge in [-0.05, 0) is 79.1 Å². The molecule has 0 spiro atoms. The predicted molar refractivity (Wildman–Crippen MR) is 146 cm³/mol. The Morgan fingerprint density at radius 3 is 2.42 bits per heavy atom. The summed E-state index contributed by atoms with van der Waals surface area (Å²) in [4.78, 5) is 27.2. The van der Waals surface area contributed by atoms with Crippen molar-refractivity contribution in [1.82, 2.24) is 19.9 Å². The molecule has 3 aromatic carbocycles. The number of amides is 1. The molecular weight excluding hydrogens is 523 g/mol. The Labute approximate surface area is 229 Å². The van der Waals surface area contributed by atoms with Gasteiger partial charge in [0.25, 0.3) is 0 Å². The summed E-state index contributed by atoms with van der Waals surface area (Å²) in [7, 11) is 0. The van der Waals surface area contributed by atoms with Gasteiger partial charge in [-0.1, -0.05) is 35.3 Å². The monoisotopic (exact) mass is 544 g/mol. The molecule has 0 radical (unpaired) electrons. The standard InChI is InChI=1S/C29H22Cl2N4O3/c1-17-28(33-14-13-32-17)37-21-7-2-18(3-8-21)27-26-23(24-16-20(31)6-11-25(24)34-26)12-15-35(27)29(36)38-22-9-4-19(30)5-10-22/h2-11,13-14,16,27,34H,12,15H2,1H3. The number of ether oxygens (including phenoxy) is 2. The van der Waals surface area contributed by atoms with Gasteiger partial charge in [0.1, 0.15) is 17.5 Å². The van der Waals surface area contributed by atoms with Crippen molar-refractivity contribution in [3.63, 3.8) is 0 Å². The van der Waals surface area contributed by atoms with Crippen LogP contribution in [0.25, 0.3) is 10.9 Å². The largest absolute Gasteiger partial charge is 0.437 e. The highest BCUT2D eigenvalue weighted by molar-refractivity contribution is 6.31. The van der Waals surface area contributed by atoms with Crippen LogP contribution in [-0.4, -0.2) is 32.5 Å². The molecule has 0 saturated carbocycles. The summed E-state index contributed by atoms with van der Waals surface area (Å²) in [6, 6.07) is 19.7. The lowest BCUT2D eigenvalue weighted by Crippen LogP contribution is -2.42. The van der Waals surface area contributed by atoms with Gasteiger partial charge in [-0.25, -0.2) is 9.78 Å². The molecule has 190 valence electrons. The SMILES string of the molecule is Cc1nccnc1Oc1ccc(C2c3[nH]c4ccc(Cl)cc4c3CCN2C(=O)Oc2ccc(Cl)cc2)cc1. The lowest BCUT2D eigenvalue weighted by atomic mass is 9.92. The Morgan fingerprint density at radius 1 is 0.947 bits per heavy atom. The van der Waals surface area contributed by atoms with E-state index in [4.69, 9.17) is 32.7 Å². The molecule has 5 aromatic rings. The van der Waals surface area contributed by atoms with Crippen molar-refractivity contribution in [3.8, 4) is 17.4 Å². The lowest BCUT2D eigenvalue weighted by molar-refractivity contribution is 0.135. The van der Waals surface area contributed by atoms with Gasteiger partial charge in [-0.15, -0.1) is 0 Å². The van der Waals surface area contributed by atoms with Crippen molar-refractivity contribution in [1.29, 1.82) is 0 Å². The first-order valence-electron chi connectivity index (χ1n) is 12.1. The van der Waals surface area contributed by atoms with Gasteiger partial charge in [-0.2, -0.15) is 0 Å². The first-order valence-corrected chi connectivity index (χ1v) is 12.8. The maximum absolute atomic E-state index is 13.5. The van der Waals surface area contributed by atoms with Crippen LogP contribution >= 0.6 is 23.2 Å². The number of hydrogen-bond acceptors (Lipinski definition) is 5. The molecule has 38 heavy (non-hydrogen) atoms. The van der Waals surface area contributed by atoms with Crippen molar-refractivity contribution >= 4 is 40.2 Å². The molecule has 0 fully saturated rings. The van der Waals surface area contributed by atoms with Gasteiger partial charge < -0.3 is 14.5 Å². The third-order valence-corrected chi connectivity index (χ3v) is 7.08. The number of nitrogens with zero attached hydrogens (tertiary/aromatic N) is 3. The molecule has 9 heteroatoms. The van der Waals surface area contributed by atoms with E-state index in [-0.39, 0.29) is 0 Å². The van der Waals surface area contributed by atoms with Gasteiger partial charge in [0.2, 0.25) is 5.88 Å². The molecule has 1 N–H and O–H groups in total. The summed E-state index contributed by atoms with van der Waals surface area (Å²) in [5.41, 5.74) is 4.63. The van der Waals surface area contributed by atoms with E-state index >= 15 is 0 Å². The smallest absolute Gasteiger partial charge is 0.416 e. The number of aryl methyl sites for hydroxylation is 1. The van der Waals surface area contributed by atoms with Crippen LogP contribution in [0, 0.1) is 6.92 Å². The van der Waals surface area contributed by atoms with Crippen molar-refractivity contribution in [2.45, 2.75) is 19.4 Å². The molecule has 0 aliphatic carbocycles.